The molecule has 0 unspecified atom stereocenters. The molecule has 9 heteroatoms. The first-order chi connectivity index (χ1) is 14.0. The predicted molar refractivity (Wildman–Crippen MR) is 110 cm³/mol. The lowest BCUT2D eigenvalue weighted by Gasteiger charge is -2.31. The molecule has 2 aromatic heterocycles. The number of amidine groups is 1. The molecule has 1 aliphatic heterocycles. The zero-order chi connectivity index (χ0) is 20.2. The van der Waals surface area contributed by atoms with Gasteiger partial charge >= 0.3 is 0 Å². The van der Waals surface area contributed by atoms with Gasteiger partial charge in [-0.15, -0.1) is 0 Å². The maximum Gasteiger partial charge on any atom is 0.155 e. The van der Waals surface area contributed by atoms with Crippen molar-refractivity contribution in [3.63, 3.8) is 0 Å². The number of fused-ring (bicyclic) bond motifs is 2. The number of benzene rings is 1. The van der Waals surface area contributed by atoms with Crippen LogP contribution in [0, 0.1) is 11.7 Å². The van der Waals surface area contributed by atoms with Gasteiger partial charge in [0.1, 0.15) is 29.9 Å². The van der Waals surface area contributed by atoms with Gasteiger partial charge in [0, 0.05) is 29.3 Å². The van der Waals surface area contributed by atoms with E-state index in [9.17, 15) is 8.78 Å². The lowest BCUT2D eigenvalue weighted by atomic mass is 9.85. The summed E-state index contributed by atoms with van der Waals surface area (Å²) >= 11 is 7.44. The molecule has 1 saturated carbocycles. The van der Waals surface area contributed by atoms with Crippen molar-refractivity contribution in [1.29, 1.82) is 0 Å². The molecule has 0 radical (unpaired) electrons. The Hall–Kier alpha value is -2.32. The number of hydrogen-bond acceptors (Lipinski definition) is 6. The highest BCUT2D eigenvalue weighted by atomic mass is 35.5. The van der Waals surface area contributed by atoms with Crippen LogP contribution in [0.5, 0.6) is 0 Å². The second-order valence-electron chi connectivity index (χ2n) is 7.34. The molecule has 0 spiro atoms. The number of alkyl halides is 1. The number of aromatic nitrogens is 3. The number of aliphatic imine (C=N–C) groups is 1. The topological polar surface area (TPSA) is 77.0 Å². The van der Waals surface area contributed by atoms with Crippen molar-refractivity contribution in [2.45, 2.75) is 23.6 Å². The second-order valence-corrected chi connectivity index (χ2v) is 9.03. The molecule has 3 aromatic rings. The zero-order valence-electron chi connectivity index (χ0n) is 15.1. The fraction of sp³-hybridized carbons (Fsp3) is 0.300. The fourth-order valence-corrected chi connectivity index (χ4v) is 5.41. The molecule has 3 atom stereocenters. The van der Waals surface area contributed by atoms with Gasteiger partial charge in [0.05, 0.1) is 16.2 Å². The third-order valence-corrected chi connectivity index (χ3v) is 6.88. The summed E-state index contributed by atoms with van der Waals surface area (Å²) in [6.07, 6.45) is 4.16. The lowest BCUT2D eigenvalue weighted by molar-refractivity contribution is 0.271. The smallest absolute Gasteiger partial charge is 0.155 e. The molecule has 1 fully saturated rings. The number of nitrogens with two attached hydrogens (primary N) is 1. The molecule has 1 aromatic carbocycles. The van der Waals surface area contributed by atoms with Crippen LogP contribution in [0.4, 0.5) is 8.78 Å². The number of halogens is 3. The minimum atomic E-state index is -1.25. The molecule has 1 aliphatic carbocycles. The summed E-state index contributed by atoms with van der Waals surface area (Å²) in [5.74, 6) is -0.517. The summed E-state index contributed by atoms with van der Waals surface area (Å²) in [6.45, 7) is -0.785. The third kappa shape index (κ3) is 3.14. The lowest BCUT2D eigenvalue weighted by Crippen LogP contribution is -2.36. The predicted octanol–water partition coefficient (Wildman–Crippen LogP) is 4.02. The SMILES string of the molecule is NC1=N[C@](CF)(c2cc(Cc3ncnc4cc(Cl)cnc34)ccc2F)[C@H]2C[C@@H]2S1. The van der Waals surface area contributed by atoms with E-state index in [2.05, 4.69) is 19.9 Å². The van der Waals surface area contributed by atoms with Crippen molar-refractivity contribution < 1.29 is 8.78 Å². The van der Waals surface area contributed by atoms with E-state index >= 15 is 0 Å². The van der Waals surface area contributed by atoms with Gasteiger partial charge in [-0.25, -0.2) is 23.7 Å². The second kappa shape index (κ2) is 6.88. The first kappa shape index (κ1) is 18.7. The fourth-order valence-electron chi connectivity index (χ4n) is 4.03. The number of rotatable bonds is 4. The van der Waals surface area contributed by atoms with Gasteiger partial charge in [0.15, 0.2) is 5.17 Å². The zero-order valence-corrected chi connectivity index (χ0v) is 16.7. The van der Waals surface area contributed by atoms with E-state index in [0.717, 1.165) is 12.0 Å². The van der Waals surface area contributed by atoms with Crippen molar-refractivity contribution in [2.75, 3.05) is 6.67 Å². The van der Waals surface area contributed by atoms with Gasteiger partial charge in [-0.2, -0.15) is 0 Å². The molecule has 148 valence electrons. The molecule has 5 nitrogen and oxygen atoms in total. The molecular formula is C20H16ClF2N5S. The first-order valence-electron chi connectivity index (χ1n) is 9.12. The Morgan fingerprint density at radius 3 is 2.93 bits per heavy atom. The normalized spacial score (nSPS) is 25.6. The third-order valence-electron chi connectivity index (χ3n) is 5.52. The molecule has 3 heterocycles. The Balaban J connectivity index is 1.57. The minimum Gasteiger partial charge on any atom is -0.379 e. The number of pyridine rings is 1. The average Bonchev–Trinajstić information content (AvgIpc) is 3.48. The van der Waals surface area contributed by atoms with Crippen LogP contribution in [0.15, 0.2) is 41.8 Å². The Morgan fingerprint density at radius 2 is 2.10 bits per heavy atom. The molecular weight excluding hydrogens is 416 g/mol. The molecule has 2 aliphatic rings. The highest BCUT2D eigenvalue weighted by Gasteiger charge is 2.58. The van der Waals surface area contributed by atoms with Crippen LogP contribution >= 0.6 is 23.4 Å². The van der Waals surface area contributed by atoms with Crippen LogP contribution in [-0.2, 0) is 12.0 Å². The maximum atomic E-state index is 14.8. The van der Waals surface area contributed by atoms with E-state index in [1.54, 1.807) is 18.2 Å². The van der Waals surface area contributed by atoms with Gasteiger partial charge < -0.3 is 5.73 Å². The minimum absolute atomic E-state index is 0.0433. The van der Waals surface area contributed by atoms with E-state index in [1.165, 1.54) is 30.4 Å². The summed E-state index contributed by atoms with van der Waals surface area (Å²) < 4.78 is 29.1. The maximum absolute atomic E-state index is 14.8. The largest absolute Gasteiger partial charge is 0.379 e. The van der Waals surface area contributed by atoms with E-state index in [-0.39, 0.29) is 16.7 Å². The van der Waals surface area contributed by atoms with Crippen LogP contribution in [-0.4, -0.2) is 32.0 Å². The van der Waals surface area contributed by atoms with E-state index < -0.39 is 18.0 Å². The monoisotopic (exact) mass is 431 g/mol. The highest BCUT2D eigenvalue weighted by molar-refractivity contribution is 8.14. The standard InChI is InChI=1S/C20H16ClF2N5S/c21-11-5-16-18(25-7-11)15(26-9-27-16)4-10-1-2-14(23)12(3-10)20(8-22)13-6-17(13)29-19(24)28-20/h1-3,5,7,9,13,17H,4,6,8H2,(H2,24,28)/t13-,17-,20+/m0/s1. The van der Waals surface area contributed by atoms with E-state index in [4.69, 9.17) is 17.3 Å². The van der Waals surface area contributed by atoms with Crippen LogP contribution in [0.2, 0.25) is 5.02 Å². The van der Waals surface area contributed by atoms with Crippen molar-refractivity contribution in [1.82, 2.24) is 15.0 Å². The Kier molecular flexibility index (Phi) is 4.43. The highest BCUT2D eigenvalue weighted by Crippen LogP contribution is 2.58. The quantitative estimate of drug-likeness (QED) is 0.675. The van der Waals surface area contributed by atoms with Gasteiger partial charge in [-0.05, 0) is 30.2 Å². The van der Waals surface area contributed by atoms with Crippen molar-refractivity contribution in [3.05, 3.63) is 64.5 Å². The number of thioether (sulfide) groups is 1. The van der Waals surface area contributed by atoms with Crippen LogP contribution in [0.1, 0.15) is 23.2 Å². The summed E-state index contributed by atoms with van der Waals surface area (Å²) in [7, 11) is 0. The Morgan fingerprint density at radius 1 is 1.24 bits per heavy atom. The Labute approximate surface area is 174 Å². The number of hydrogen-bond donors (Lipinski definition) is 1. The van der Waals surface area contributed by atoms with Crippen molar-refractivity contribution in [3.8, 4) is 0 Å². The van der Waals surface area contributed by atoms with Crippen molar-refractivity contribution >= 4 is 39.6 Å². The van der Waals surface area contributed by atoms with Crippen LogP contribution in [0.25, 0.3) is 11.0 Å². The molecule has 5 rings (SSSR count). The summed E-state index contributed by atoms with van der Waals surface area (Å²) in [6, 6.07) is 6.43. The van der Waals surface area contributed by atoms with Crippen molar-refractivity contribution in [2.24, 2.45) is 16.6 Å². The molecule has 0 amide bonds. The molecule has 29 heavy (non-hydrogen) atoms. The van der Waals surface area contributed by atoms with Crippen LogP contribution in [0.3, 0.4) is 0 Å². The first-order valence-corrected chi connectivity index (χ1v) is 10.4. The van der Waals surface area contributed by atoms with E-state index in [1.807, 2.05) is 0 Å². The van der Waals surface area contributed by atoms with E-state index in [0.29, 0.717) is 33.3 Å². The average molecular weight is 432 g/mol. The molecule has 0 bridgehead atoms. The molecule has 2 N–H and O–H groups in total. The summed E-state index contributed by atoms with van der Waals surface area (Å²) in [5, 5.41) is 1.00. The van der Waals surface area contributed by atoms with Gasteiger partial charge in [0.2, 0.25) is 0 Å². The van der Waals surface area contributed by atoms with Gasteiger partial charge in [0.25, 0.3) is 0 Å². The summed E-state index contributed by atoms with van der Waals surface area (Å²) in [4.78, 5) is 17.2. The Bertz CT molecular complexity index is 1160. The number of nitrogens with zero attached hydrogens (tertiary/aromatic N) is 4. The molecule has 0 saturated heterocycles. The van der Waals surface area contributed by atoms with Gasteiger partial charge in [-0.3, -0.25) is 4.98 Å². The summed E-state index contributed by atoms with van der Waals surface area (Å²) in [5.41, 5.74) is 7.65. The van der Waals surface area contributed by atoms with Gasteiger partial charge in [-0.1, -0.05) is 29.4 Å². The van der Waals surface area contributed by atoms with Crippen LogP contribution < -0.4 is 5.73 Å².